The first-order chi connectivity index (χ1) is 24.3. The summed E-state index contributed by atoms with van der Waals surface area (Å²) < 4.78 is 0. The maximum Gasteiger partial charge on any atom is -0.00201 e. The van der Waals surface area contributed by atoms with Crippen LogP contribution in [0.2, 0.25) is 0 Å². The van der Waals surface area contributed by atoms with Gasteiger partial charge in [-0.25, -0.2) is 0 Å². The molecular weight excluding hydrogens is 625 g/mol. The molecule has 0 radical (unpaired) electrons. The Morgan fingerprint density at radius 3 is 1.38 bits per heavy atom. The van der Waals surface area contributed by atoms with E-state index in [4.69, 9.17) is 0 Å². The number of hydrogen-bond donors (Lipinski definition) is 0. The van der Waals surface area contributed by atoms with E-state index >= 15 is 0 Å². The fourth-order valence-electron chi connectivity index (χ4n) is 8.67. The Kier molecular flexibility index (Phi) is 7.55. The van der Waals surface area contributed by atoms with Gasteiger partial charge < -0.3 is 0 Å². The van der Waals surface area contributed by atoms with Crippen LogP contribution in [0.1, 0.15) is 105 Å². The van der Waals surface area contributed by atoms with E-state index in [0.29, 0.717) is 0 Å². The van der Waals surface area contributed by atoms with Gasteiger partial charge in [0, 0.05) is 0 Å². The van der Waals surface area contributed by atoms with E-state index in [1.54, 1.807) is 0 Å². The highest BCUT2D eigenvalue weighted by atomic mass is 14.3. The van der Waals surface area contributed by atoms with Crippen LogP contribution in [0, 0.1) is 0 Å². The first-order valence-corrected chi connectivity index (χ1v) is 19.2. The summed E-state index contributed by atoms with van der Waals surface area (Å²) in [6.45, 7) is 27.9. The molecule has 0 aliphatic heterocycles. The molecule has 0 bridgehead atoms. The van der Waals surface area contributed by atoms with Gasteiger partial charge in [-0.05, 0) is 127 Å². The van der Waals surface area contributed by atoms with Gasteiger partial charge in [0.2, 0.25) is 0 Å². The third kappa shape index (κ3) is 5.49. The van der Waals surface area contributed by atoms with Crippen molar-refractivity contribution in [3.05, 3.63) is 131 Å². The lowest BCUT2D eigenvalue weighted by atomic mass is 9.77. The minimum atomic E-state index is -0.0102. The summed E-state index contributed by atoms with van der Waals surface area (Å²) >= 11 is 0. The zero-order valence-corrected chi connectivity index (χ0v) is 33.4. The van der Waals surface area contributed by atoms with Crippen LogP contribution < -0.4 is 0 Å². The molecule has 1 aliphatic carbocycles. The van der Waals surface area contributed by atoms with Gasteiger partial charge in [0.25, 0.3) is 0 Å². The summed E-state index contributed by atoms with van der Waals surface area (Å²) in [5, 5.41) is 7.99. The highest BCUT2D eigenvalue weighted by Crippen LogP contribution is 2.53. The van der Waals surface area contributed by atoms with Crippen molar-refractivity contribution in [2.75, 3.05) is 0 Å². The van der Waals surface area contributed by atoms with E-state index in [2.05, 4.69) is 192 Å². The van der Waals surface area contributed by atoms with E-state index in [-0.39, 0.29) is 21.7 Å². The second-order valence-electron chi connectivity index (χ2n) is 19.5. The normalized spacial score (nSPS) is 13.4. The molecule has 1 aliphatic rings. The smallest absolute Gasteiger partial charge is 0.00201 e. The summed E-state index contributed by atoms with van der Waals surface area (Å²) in [5.74, 6) is 0. The molecule has 0 unspecified atom stereocenters. The van der Waals surface area contributed by atoms with Crippen molar-refractivity contribution >= 4 is 32.3 Å². The molecule has 0 N–H and O–H groups in total. The number of fused-ring (bicyclic) bond motifs is 5. The quantitative estimate of drug-likeness (QED) is 0.171. The van der Waals surface area contributed by atoms with Crippen LogP contribution in [-0.2, 0) is 21.7 Å². The Balaban J connectivity index is 1.36. The lowest BCUT2D eigenvalue weighted by Gasteiger charge is -2.26. The summed E-state index contributed by atoms with van der Waals surface area (Å²) in [6, 6.07) is 42.7. The topological polar surface area (TPSA) is 0 Å². The van der Waals surface area contributed by atoms with Crippen molar-refractivity contribution in [1.29, 1.82) is 0 Å². The molecule has 0 saturated carbocycles. The van der Waals surface area contributed by atoms with Crippen LogP contribution in [0.3, 0.4) is 0 Å². The Hall–Kier alpha value is -4.68. The summed E-state index contributed by atoms with van der Waals surface area (Å²) in [7, 11) is 0. The molecule has 0 amide bonds. The van der Waals surface area contributed by atoms with Crippen molar-refractivity contribution in [1.82, 2.24) is 0 Å². The predicted molar refractivity (Wildman–Crippen MR) is 229 cm³/mol. The average Bonchev–Trinajstić information content (AvgIpc) is 3.39. The van der Waals surface area contributed by atoms with E-state index in [1.807, 2.05) is 0 Å². The molecule has 8 rings (SSSR count). The SMILES string of the molecule is CC(C)(C)c1ccc2c(-c3ccc4c(c3)-c3cccc5c(-c6c(C(C)(C)C)ccc7cc(C(C)(C)C)ccc67)ccc-4c35)c(C(C)(C)C)ccc2c1. The Labute approximate surface area is 311 Å². The molecular formula is C52H54. The third-order valence-corrected chi connectivity index (χ3v) is 11.6. The van der Waals surface area contributed by atoms with Gasteiger partial charge in [0.15, 0.2) is 0 Å². The molecule has 262 valence electrons. The first kappa shape index (κ1) is 34.4. The molecule has 52 heavy (non-hydrogen) atoms. The van der Waals surface area contributed by atoms with Gasteiger partial charge in [0.1, 0.15) is 0 Å². The zero-order valence-electron chi connectivity index (χ0n) is 33.4. The largest absolute Gasteiger partial charge is 0.0610 e. The average molecular weight is 679 g/mol. The van der Waals surface area contributed by atoms with Gasteiger partial charge in [-0.2, -0.15) is 0 Å². The molecule has 0 heteroatoms. The summed E-state index contributed by atoms with van der Waals surface area (Å²) in [4.78, 5) is 0. The molecule has 0 aromatic heterocycles. The van der Waals surface area contributed by atoms with Crippen molar-refractivity contribution in [3.63, 3.8) is 0 Å². The molecule has 7 aromatic carbocycles. The van der Waals surface area contributed by atoms with Gasteiger partial charge in [-0.1, -0.05) is 186 Å². The third-order valence-electron chi connectivity index (χ3n) is 11.6. The van der Waals surface area contributed by atoms with Crippen LogP contribution in [0.25, 0.3) is 76.8 Å². The number of benzene rings is 7. The van der Waals surface area contributed by atoms with Crippen LogP contribution in [-0.4, -0.2) is 0 Å². The summed E-state index contributed by atoms with van der Waals surface area (Å²) in [6.07, 6.45) is 0. The molecule has 7 aromatic rings. The predicted octanol–water partition coefficient (Wildman–Crippen LogP) is 15.3. The molecule has 0 fully saturated rings. The second-order valence-corrected chi connectivity index (χ2v) is 19.5. The standard InChI is InChI=1S/C52H54/c1-49(2,3)34-19-22-36-31(28-34)17-26-44(51(7,8)9)46(36)33-16-21-38-41-24-25-42(39-14-13-15-40(47(39)41)43(38)30-33)48-37-23-20-35(50(4,5)6)29-32(37)18-27-45(48)52(10,11)12/h13-30H,1-12H3. The first-order valence-electron chi connectivity index (χ1n) is 19.2. The van der Waals surface area contributed by atoms with Crippen molar-refractivity contribution in [2.45, 2.75) is 105 Å². The van der Waals surface area contributed by atoms with Crippen molar-refractivity contribution < 1.29 is 0 Å². The fourth-order valence-corrected chi connectivity index (χ4v) is 8.67. The molecule has 0 atom stereocenters. The highest BCUT2D eigenvalue weighted by molar-refractivity contribution is 6.21. The lowest BCUT2D eigenvalue weighted by Crippen LogP contribution is -2.14. The van der Waals surface area contributed by atoms with E-state index < -0.39 is 0 Å². The van der Waals surface area contributed by atoms with Gasteiger partial charge in [0.05, 0.1) is 0 Å². The maximum absolute atomic E-state index is 2.48. The minimum absolute atomic E-state index is 0.0000204. The second kappa shape index (κ2) is 11.4. The minimum Gasteiger partial charge on any atom is -0.0610 e. The molecule has 0 heterocycles. The zero-order chi connectivity index (χ0) is 37.1. The number of hydrogen-bond acceptors (Lipinski definition) is 0. The Morgan fingerprint density at radius 1 is 0.327 bits per heavy atom. The number of rotatable bonds is 2. The van der Waals surface area contributed by atoms with E-state index in [1.165, 1.54) is 99.1 Å². The fraction of sp³-hybridized carbons (Fsp3) is 0.308. The van der Waals surface area contributed by atoms with Gasteiger partial charge in [-0.3, -0.25) is 0 Å². The van der Waals surface area contributed by atoms with Gasteiger partial charge >= 0.3 is 0 Å². The van der Waals surface area contributed by atoms with Crippen molar-refractivity contribution in [2.24, 2.45) is 0 Å². The molecule has 0 saturated heterocycles. The summed E-state index contributed by atoms with van der Waals surface area (Å²) in [5.41, 5.74) is 16.4. The highest BCUT2D eigenvalue weighted by Gasteiger charge is 2.29. The van der Waals surface area contributed by atoms with Crippen LogP contribution in [0.5, 0.6) is 0 Å². The van der Waals surface area contributed by atoms with Crippen LogP contribution >= 0.6 is 0 Å². The molecule has 0 nitrogen and oxygen atoms in total. The van der Waals surface area contributed by atoms with Crippen molar-refractivity contribution in [3.8, 4) is 44.5 Å². The lowest BCUT2D eigenvalue weighted by molar-refractivity contribution is 0.590. The Morgan fingerprint density at radius 2 is 0.827 bits per heavy atom. The molecule has 0 spiro atoms. The maximum atomic E-state index is 2.48. The van der Waals surface area contributed by atoms with E-state index in [9.17, 15) is 0 Å². The van der Waals surface area contributed by atoms with E-state index in [0.717, 1.165) is 0 Å². The van der Waals surface area contributed by atoms with Crippen LogP contribution in [0.4, 0.5) is 0 Å². The van der Waals surface area contributed by atoms with Crippen LogP contribution in [0.15, 0.2) is 109 Å². The monoisotopic (exact) mass is 678 g/mol. The van der Waals surface area contributed by atoms with Gasteiger partial charge in [-0.15, -0.1) is 0 Å². The Bertz CT molecular complexity index is 2580.